The summed E-state index contributed by atoms with van der Waals surface area (Å²) in [6.45, 7) is 6.87. The van der Waals surface area contributed by atoms with Crippen LogP contribution in [0.2, 0.25) is 0 Å². The van der Waals surface area contributed by atoms with Gasteiger partial charge in [0.05, 0.1) is 5.41 Å². The third-order valence-corrected chi connectivity index (χ3v) is 3.65. The lowest BCUT2D eigenvalue weighted by molar-refractivity contribution is -0.142. The molecule has 0 aliphatic carbocycles. The summed E-state index contributed by atoms with van der Waals surface area (Å²) in [6, 6.07) is 8.56. The summed E-state index contributed by atoms with van der Waals surface area (Å²) in [5.41, 5.74) is 1.06. The minimum atomic E-state index is -0.975. The van der Waals surface area contributed by atoms with E-state index in [1.54, 1.807) is 51.1 Å². The van der Waals surface area contributed by atoms with E-state index in [2.05, 4.69) is 5.32 Å². The lowest BCUT2D eigenvalue weighted by Gasteiger charge is -2.19. The molecule has 0 aliphatic rings. The van der Waals surface area contributed by atoms with Gasteiger partial charge in [0.15, 0.2) is 5.76 Å². The molecule has 2 aromatic rings. The number of amides is 1. The molecule has 0 unspecified atom stereocenters. The Morgan fingerprint density at radius 1 is 1.14 bits per heavy atom. The van der Waals surface area contributed by atoms with Gasteiger partial charge in [-0.1, -0.05) is 12.1 Å². The number of aryl methyl sites for hydroxylation is 2. The zero-order valence-electron chi connectivity index (χ0n) is 13.1. The van der Waals surface area contributed by atoms with E-state index in [1.807, 2.05) is 6.92 Å². The maximum atomic E-state index is 12.1. The minimum absolute atomic E-state index is 0.285. The van der Waals surface area contributed by atoms with E-state index in [0.717, 1.165) is 5.56 Å². The molecule has 0 bridgehead atoms. The van der Waals surface area contributed by atoms with Gasteiger partial charge in [-0.15, -0.1) is 0 Å². The second-order valence-corrected chi connectivity index (χ2v) is 5.83. The number of aliphatic carboxylic acids is 1. The van der Waals surface area contributed by atoms with E-state index in [-0.39, 0.29) is 11.7 Å². The molecule has 0 saturated carbocycles. The first-order valence-electron chi connectivity index (χ1n) is 6.94. The number of nitrogens with one attached hydrogen (secondary N) is 1. The number of carboxylic acids is 1. The molecule has 5 nitrogen and oxygen atoms in total. The molecule has 0 radical (unpaired) electrons. The Kier molecular flexibility index (Phi) is 4.08. The molecule has 2 N–H and O–H groups in total. The van der Waals surface area contributed by atoms with Crippen LogP contribution in [0.1, 0.15) is 41.3 Å². The number of hydrogen-bond acceptors (Lipinski definition) is 3. The van der Waals surface area contributed by atoms with Crippen LogP contribution in [-0.2, 0) is 10.2 Å². The maximum absolute atomic E-state index is 12.1. The summed E-state index contributed by atoms with van der Waals surface area (Å²) in [5.74, 6) is -0.254. The van der Waals surface area contributed by atoms with Crippen LogP contribution in [0, 0.1) is 13.8 Å². The summed E-state index contributed by atoms with van der Waals surface area (Å²) in [7, 11) is 0. The van der Waals surface area contributed by atoms with Crippen molar-refractivity contribution in [3.8, 4) is 0 Å². The van der Waals surface area contributed by atoms with Gasteiger partial charge in [0.25, 0.3) is 5.91 Å². The Labute approximate surface area is 129 Å². The highest BCUT2D eigenvalue weighted by Crippen LogP contribution is 2.25. The monoisotopic (exact) mass is 301 g/mol. The number of carboxylic acid groups (broad SMARTS) is 1. The fourth-order valence-electron chi connectivity index (χ4n) is 2.15. The summed E-state index contributed by atoms with van der Waals surface area (Å²) in [5, 5.41) is 11.9. The largest absolute Gasteiger partial charge is 0.481 e. The summed E-state index contributed by atoms with van der Waals surface area (Å²) < 4.78 is 5.37. The van der Waals surface area contributed by atoms with Crippen molar-refractivity contribution in [2.75, 3.05) is 5.32 Å². The van der Waals surface area contributed by atoms with Gasteiger partial charge in [-0.2, -0.15) is 0 Å². The van der Waals surface area contributed by atoms with E-state index in [4.69, 9.17) is 4.42 Å². The quantitative estimate of drug-likeness (QED) is 0.905. The molecule has 22 heavy (non-hydrogen) atoms. The second-order valence-electron chi connectivity index (χ2n) is 5.83. The second kappa shape index (κ2) is 5.67. The highest BCUT2D eigenvalue weighted by atomic mass is 16.4. The molecular formula is C17H19NO4. The van der Waals surface area contributed by atoms with Crippen LogP contribution in [0.25, 0.3) is 0 Å². The molecule has 1 amide bonds. The summed E-state index contributed by atoms with van der Waals surface area (Å²) >= 11 is 0. The van der Waals surface area contributed by atoms with Gasteiger partial charge in [-0.25, -0.2) is 0 Å². The predicted molar refractivity (Wildman–Crippen MR) is 83.2 cm³/mol. The van der Waals surface area contributed by atoms with E-state index in [1.165, 1.54) is 0 Å². The smallest absolute Gasteiger partial charge is 0.313 e. The van der Waals surface area contributed by atoms with Crippen LogP contribution in [0.4, 0.5) is 5.69 Å². The average molecular weight is 301 g/mol. The van der Waals surface area contributed by atoms with Crippen molar-refractivity contribution in [3.63, 3.8) is 0 Å². The van der Waals surface area contributed by atoms with Gasteiger partial charge in [0.1, 0.15) is 5.76 Å². The van der Waals surface area contributed by atoms with Crippen molar-refractivity contribution in [3.05, 3.63) is 53.0 Å². The van der Waals surface area contributed by atoms with Gasteiger partial charge >= 0.3 is 5.97 Å². The molecule has 116 valence electrons. The highest BCUT2D eigenvalue weighted by Gasteiger charge is 2.29. The van der Waals surface area contributed by atoms with Crippen molar-refractivity contribution in [2.24, 2.45) is 0 Å². The zero-order chi connectivity index (χ0) is 16.5. The summed E-state index contributed by atoms with van der Waals surface area (Å²) in [6.07, 6.45) is 0. The zero-order valence-corrected chi connectivity index (χ0v) is 13.1. The van der Waals surface area contributed by atoms with Gasteiger partial charge in [0, 0.05) is 11.3 Å². The Hall–Kier alpha value is -2.56. The molecule has 0 spiro atoms. The summed E-state index contributed by atoms with van der Waals surface area (Å²) in [4.78, 5) is 23.4. The molecule has 5 heteroatoms. The van der Waals surface area contributed by atoms with Crippen molar-refractivity contribution in [1.29, 1.82) is 0 Å². The Morgan fingerprint density at radius 3 is 2.18 bits per heavy atom. The normalized spacial score (nSPS) is 11.3. The molecule has 0 aliphatic heterocycles. The SMILES string of the molecule is Cc1cc(C)c(C(=O)Nc2ccc(C(C)(C)C(=O)O)cc2)o1. The van der Waals surface area contributed by atoms with Crippen LogP contribution < -0.4 is 5.32 Å². The number of rotatable bonds is 4. The minimum Gasteiger partial charge on any atom is -0.481 e. The first-order valence-corrected chi connectivity index (χ1v) is 6.94. The average Bonchev–Trinajstić information content (AvgIpc) is 2.78. The fraction of sp³-hybridized carbons (Fsp3) is 0.294. The number of carbonyl (C=O) groups is 2. The number of anilines is 1. The molecule has 1 aromatic carbocycles. The van der Waals surface area contributed by atoms with Gasteiger partial charge in [-0.3, -0.25) is 9.59 Å². The van der Waals surface area contributed by atoms with Crippen molar-refractivity contribution in [2.45, 2.75) is 33.1 Å². The third kappa shape index (κ3) is 3.03. The van der Waals surface area contributed by atoms with Crippen LogP contribution in [0.5, 0.6) is 0 Å². The molecule has 0 atom stereocenters. The highest BCUT2D eigenvalue weighted by molar-refractivity contribution is 6.03. The van der Waals surface area contributed by atoms with Crippen LogP contribution >= 0.6 is 0 Å². The van der Waals surface area contributed by atoms with Crippen molar-refractivity contribution in [1.82, 2.24) is 0 Å². The molecule has 1 aromatic heterocycles. The molecule has 0 saturated heterocycles. The van der Waals surface area contributed by atoms with Gasteiger partial charge in [-0.05, 0) is 51.5 Å². The van der Waals surface area contributed by atoms with Gasteiger partial charge < -0.3 is 14.8 Å². The number of hydrogen-bond donors (Lipinski definition) is 2. The Bertz CT molecular complexity index is 711. The maximum Gasteiger partial charge on any atom is 0.313 e. The van der Waals surface area contributed by atoms with E-state index in [9.17, 15) is 14.7 Å². The first-order chi connectivity index (χ1) is 10.2. The van der Waals surface area contributed by atoms with Crippen LogP contribution in [0.15, 0.2) is 34.7 Å². The standard InChI is InChI=1S/C17H19NO4/c1-10-9-11(2)22-14(10)15(19)18-13-7-5-12(6-8-13)17(3,4)16(20)21/h5-9H,1-4H3,(H,18,19)(H,20,21). The van der Waals surface area contributed by atoms with E-state index >= 15 is 0 Å². The van der Waals surface area contributed by atoms with Crippen molar-refractivity contribution >= 4 is 17.6 Å². The Morgan fingerprint density at radius 2 is 1.73 bits per heavy atom. The van der Waals surface area contributed by atoms with E-state index < -0.39 is 11.4 Å². The number of carbonyl (C=O) groups excluding carboxylic acids is 1. The third-order valence-electron chi connectivity index (χ3n) is 3.65. The van der Waals surface area contributed by atoms with E-state index in [0.29, 0.717) is 17.0 Å². The molecule has 1 heterocycles. The van der Waals surface area contributed by atoms with Crippen molar-refractivity contribution < 1.29 is 19.1 Å². The fourth-order valence-corrected chi connectivity index (χ4v) is 2.15. The number of furan rings is 1. The first kappa shape index (κ1) is 15.8. The molecular weight excluding hydrogens is 282 g/mol. The van der Waals surface area contributed by atoms with Crippen LogP contribution in [0.3, 0.4) is 0 Å². The topological polar surface area (TPSA) is 79.5 Å². The van der Waals surface area contributed by atoms with Gasteiger partial charge in [0.2, 0.25) is 0 Å². The van der Waals surface area contributed by atoms with Crippen LogP contribution in [-0.4, -0.2) is 17.0 Å². The molecule has 0 fully saturated rings. The number of benzene rings is 1. The lowest BCUT2D eigenvalue weighted by atomic mass is 9.85. The lowest BCUT2D eigenvalue weighted by Crippen LogP contribution is -2.28. The molecule has 2 rings (SSSR count). The predicted octanol–water partition coefficient (Wildman–Crippen LogP) is 3.51. The Balaban J connectivity index is 2.17.